The molecule has 1 aromatic heterocycles. The molecule has 0 fully saturated rings. The van der Waals surface area contributed by atoms with E-state index in [9.17, 15) is 9.18 Å². The number of anilines is 1. The van der Waals surface area contributed by atoms with Gasteiger partial charge in [0.1, 0.15) is 5.82 Å². The Balaban J connectivity index is 0.00000408. The smallest absolute Gasteiger partial charge is 0.260 e. The van der Waals surface area contributed by atoms with Crippen LogP contribution in [0, 0.1) is 5.82 Å². The van der Waals surface area contributed by atoms with Crippen molar-refractivity contribution in [1.29, 1.82) is 0 Å². The Labute approximate surface area is 209 Å². The number of nitrogens with zero attached hydrogens (tertiary/aromatic N) is 3. The molecule has 1 amide bonds. The quantitative estimate of drug-likeness (QED) is 0.383. The third-order valence-electron chi connectivity index (χ3n) is 5.01. The second kappa shape index (κ2) is 12.5. The van der Waals surface area contributed by atoms with Crippen LogP contribution in [0.2, 0.25) is 0 Å². The van der Waals surface area contributed by atoms with E-state index in [1.165, 1.54) is 44.8 Å². The molecule has 0 saturated heterocycles. The highest BCUT2D eigenvalue weighted by molar-refractivity contribution is 7.14. The molecule has 0 aliphatic carbocycles. The summed E-state index contributed by atoms with van der Waals surface area (Å²) in [6.45, 7) is 1.29. The number of thiazole rings is 1. The molecule has 0 bridgehead atoms. The highest BCUT2D eigenvalue weighted by Gasteiger charge is 2.24. The first-order chi connectivity index (χ1) is 15.9. The average Bonchev–Trinajstić information content (AvgIpc) is 3.30. The van der Waals surface area contributed by atoms with Crippen LogP contribution in [-0.4, -0.2) is 64.3 Å². The average molecular weight is 510 g/mol. The van der Waals surface area contributed by atoms with E-state index in [4.69, 9.17) is 14.2 Å². The number of rotatable bonds is 10. The minimum absolute atomic E-state index is 0. The standard InChI is InChI=1S/C24H28FN3O4S.ClH/c1-27(2)11-6-12-28(24-26-19(15-33-24)16-7-9-18(25)10-8-16)23(29)17-13-20(30-3)22(32-5)21(14-17)31-4;/h7-10,13-15H,6,11-12H2,1-5H3;1H. The molecule has 0 atom stereocenters. The topological polar surface area (TPSA) is 64.1 Å². The zero-order chi connectivity index (χ0) is 24.0. The van der Waals surface area contributed by atoms with Gasteiger partial charge < -0.3 is 19.1 Å². The van der Waals surface area contributed by atoms with E-state index in [1.54, 1.807) is 29.2 Å². The van der Waals surface area contributed by atoms with Crippen molar-refractivity contribution in [2.75, 3.05) is 53.4 Å². The molecule has 10 heteroatoms. The molecule has 0 unspecified atom stereocenters. The summed E-state index contributed by atoms with van der Waals surface area (Å²) in [5, 5.41) is 2.43. The minimum atomic E-state index is -0.308. The molecule has 34 heavy (non-hydrogen) atoms. The highest BCUT2D eigenvalue weighted by atomic mass is 35.5. The van der Waals surface area contributed by atoms with Crippen LogP contribution in [0.15, 0.2) is 41.8 Å². The number of methoxy groups -OCH3 is 3. The monoisotopic (exact) mass is 509 g/mol. The maximum Gasteiger partial charge on any atom is 0.260 e. The van der Waals surface area contributed by atoms with Gasteiger partial charge in [0.25, 0.3) is 5.91 Å². The lowest BCUT2D eigenvalue weighted by Gasteiger charge is -2.22. The predicted octanol–water partition coefficient (Wildman–Crippen LogP) is 5.00. The predicted molar refractivity (Wildman–Crippen MR) is 136 cm³/mol. The molecule has 0 aliphatic rings. The number of benzene rings is 2. The Morgan fingerprint density at radius 1 is 1.00 bits per heavy atom. The molecular formula is C24H29ClFN3O4S. The van der Waals surface area contributed by atoms with Crippen LogP contribution < -0.4 is 19.1 Å². The number of ether oxygens (including phenoxy) is 3. The van der Waals surface area contributed by atoms with Gasteiger partial charge in [-0.05, 0) is 63.5 Å². The van der Waals surface area contributed by atoms with Crippen molar-refractivity contribution in [1.82, 2.24) is 9.88 Å². The summed E-state index contributed by atoms with van der Waals surface area (Å²) in [6.07, 6.45) is 0.759. The lowest BCUT2D eigenvalue weighted by atomic mass is 10.1. The van der Waals surface area contributed by atoms with E-state index >= 15 is 0 Å². The van der Waals surface area contributed by atoms with Gasteiger partial charge in [-0.2, -0.15) is 0 Å². The zero-order valence-corrected chi connectivity index (χ0v) is 21.5. The first-order valence-corrected chi connectivity index (χ1v) is 11.2. The summed E-state index contributed by atoms with van der Waals surface area (Å²) in [7, 11) is 8.51. The van der Waals surface area contributed by atoms with Crippen molar-refractivity contribution in [3.8, 4) is 28.5 Å². The molecule has 1 heterocycles. The third-order valence-corrected chi connectivity index (χ3v) is 5.87. The second-order valence-corrected chi connectivity index (χ2v) is 8.39. The van der Waals surface area contributed by atoms with Gasteiger partial charge in [-0.1, -0.05) is 0 Å². The van der Waals surface area contributed by atoms with Crippen LogP contribution in [0.5, 0.6) is 17.2 Å². The van der Waals surface area contributed by atoms with E-state index in [-0.39, 0.29) is 24.1 Å². The van der Waals surface area contributed by atoms with E-state index in [1.807, 2.05) is 19.5 Å². The van der Waals surface area contributed by atoms with Crippen LogP contribution in [-0.2, 0) is 0 Å². The fourth-order valence-corrected chi connectivity index (χ4v) is 4.19. The highest BCUT2D eigenvalue weighted by Crippen LogP contribution is 2.39. The number of hydrogen-bond donors (Lipinski definition) is 0. The summed E-state index contributed by atoms with van der Waals surface area (Å²) in [5.74, 6) is 0.688. The zero-order valence-electron chi connectivity index (χ0n) is 19.8. The molecule has 3 aromatic rings. The van der Waals surface area contributed by atoms with Crippen LogP contribution in [0.4, 0.5) is 9.52 Å². The van der Waals surface area contributed by atoms with E-state index < -0.39 is 0 Å². The Hall–Kier alpha value is -2.88. The largest absolute Gasteiger partial charge is 0.493 e. The van der Waals surface area contributed by atoms with E-state index in [2.05, 4.69) is 9.88 Å². The fourth-order valence-electron chi connectivity index (χ4n) is 3.33. The Kier molecular flexibility index (Phi) is 10.1. The van der Waals surface area contributed by atoms with Gasteiger partial charge in [-0.3, -0.25) is 9.69 Å². The number of aromatic nitrogens is 1. The Bertz CT molecular complexity index is 1070. The minimum Gasteiger partial charge on any atom is -0.493 e. The van der Waals surface area contributed by atoms with Gasteiger partial charge in [-0.25, -0.2) is 9.37 Å². The normalized spacial score (nSPS) is 10.6. The van der Waals surface area contributed by atoms with Crippen LogP contribution in [0.25, 0.3) is 11.3 Å². The number of amides is 1. The van der Waals surface area contributed by atoms with Gasteiger partial charge in [0.05, 0.1) is 27.0 Å². The number of carbonyl (C=O) groups is 1. The van der Waals surface area contributed by atoms with Gasteiger partial charge in [0.2, 0.25) is 5.75 Å². The van der Waals surface area contributed by atoms with Gasteiger partial charge in [-0.15, -0.1) is 23.7 Å². The molecule has 0 saturated carbocycles. The molecule has 7 nitrogen and oxygen atoms in total. The Morgan fingerprint density at radius 3 is 2.15 bits per heavy atom. The van der Waals surface area contributed by atoms with Gasteiger partial charge >= 0.3 is 0 Å². The lowest BCUT2D eigenvalue weighted by Crippen LogP contribution is -2.33. The van der Waals surface area contributed by atoms with Crippen molar-refractivity contribution in [2.45, 2.75) is 6.42 Å². The summed E-state index contributed by atoms with van der Waals surface area (Å²) in [5.41, 5.74) is 1.87. The fraction of sp³-hybridized carbons (Fsp3) is 0.333. The van der Waals surface area contributed by atoms with Crippen LogP contribution >= 0.6 is 23.7 Å². The van der Waals surface area contributed by atoms with Crippen molar-refractivity contribution in [3.63, 3.8) is 0 Å². The van der Waals surface area contributed by atoms with E-state index in [0.29, 0.717) is 40.2 Å². The van der Waals surface area contributed by atoms with Crippen molar-refractivity contribution in [3.05, 3.63) is 53.2 Å². The van der Waals surface area contributed by atoms with Crippen molar-refractivity contribution in [2.24, 2.45) is 0 Å². The molecule has 0 N–H and O–H groups in total. The molecule has 0 spiro atoms. The Morgan fingerprint density at radius 2 is 1.62 bits per heavy atom. The van der Waals surface area contributed by atoms with Crippen LogP contribution in [0.3, 0.4) is 0 Å². The van der Waals surface area contributed by atoms with E-state index in [0.717, 1.165) is 18.5 Å². The van der Waals surface area contributed by atoms with Crippen LogP contribution in [0.1, 0.15) is 16.8 Å². The first-order valence-electron chi connectivity index (χ1n) is 10.4. The maximum absolute atomic E-state index is 13.6. The van der Waals surface area contributed by atoms with Gasteiger partial charge in [0, 0.05) is 23.1 Å². The molecule has 0 radical (unpaired) electrons. The number of hydrogen-bond acceptors (Lipinski definition) is 7. The number of halogens is 2. The molecule has 184 valence electrons. The second-order valence-electron chi connectivity index (χ2n) is 7.55. The lowest BCUT2D eigenvalue weighted by molar-refractivity contribution is 0.0985. The molecule has 3 rings (SSSR count). The van der Waals surface area contributed by atoms with Gasteiger partial charge in [0.15, 0.2) is 16.6 Å². The van der Waals surface area contributed by atoms with Crippen molar-refractivity contribution >= 4 is 34.8 Å². The molecule has 0 aliphatic heterocycles. The molecular weight excluding hydrogens is 481 g/mol. The summed E-state index contributed by atoms with van der Waals surface area (Å²) >= 11 is 1.37. The maximum atomic E-state index is 13.6. The van der Waals surface area contributed by atoms with Crippen molar-refractivity contribution < 1.29 is 23.4 Å². The summed E-state index contributed by atoms with van der Waals surface area (Å²) in [4.78, 5) is 22.0. The summed E-state index contributed by atoms with van der Waals surface area (Å²) in [6, 6.07) is 9.40. The SMILES string of the molecule is COc1cc(C(=O)N(CCCN(C)C)c2nc(-c3ccc(F)cc3)cs2)cc(OC)c1OC.Cl. The number of carbonyl (C=O) groups excluding carboxylic acids is 1. The third kappa shape index (κ3) is 6.37. The molecule has 2 aromatic carbocycles. The summed E-state index contributed by atoms with van der Waals surface area (Å²) < 4.78 is 29.5. The first kappa shape index (κ1) is 27.4.